The molecule has 0 aromatic heterocycles. The predicted molar refractivity (Wildman–Crippen MR) is 74.9 cm³/mol. The summed E-state index contributed by atoms with van der Waals surface area (Å²) in [6.45, 7) is 0.802. The van der Waals surface area contributed by atoms with Gasteiger partial charge in [-0.15, -0.1) is 12.4 Å². The highest BCUT2D eigenvalue weighted by molar-refractivity contribution is 5.85. The smallest absolute Gasteiger partial charge is 0.119 e. The average Bonchev–Trinajstić information content (AvgIpc) is 2.41. The number of aliphatic hydroxyl groups is 2. The second-order valence-corrected chi connectivity index (χ2v) is 5.21. The molecule has 1 aliphatic carbocycles. The topological polar surface area (TPSA) is 61.7 Å². The first-order chi connectivity index (χ1) is 8.70. The molecule has 0 radical (unpaired) electrons. The van der Waals surface area contributed by atoms with Gasteiger partial charge in [-0.25, -0.2) is 0 Å². The lowest BCUT2D eigenvalue weighted by atomic mass is 9.73. The fourth-order valence-electron chi connectivity index (χ4n) is 3.24. The van der Waals surface area contributed by atoms with Gasteiger partial charge in [0, 0.05) is 18.5 Å². The Hall–Kier alpha value is -0.810. The molecule has 3 N–H and O–H groups in total. The molecular weight excluding hydrogens is 266 g/mol. The number of aliphatic hydroxyl groups excluding tert-OH is 2. The number of ether oxygens (including phenoxy) is 1. The van der Waals surface area contributed by atoms with Crippen molar-refractivity contribution in [2.45, 2.75) is 43.6 Å². The Morgan fingerprint density at radius 1 is 1.26 bits per heavy atom. The molecule has 0 spiro atoms. The molecule has 1 aromatic rings. The van der Waals surface area contributed by atoms with Gasteiger partial charge in [-0.05, 0) is 36.1 Å². The largest absolute Gasteiger partial charge is 0.497 e. The minimum absolute atomic E-state index is 0. The molecule has 1 fully saturated rings. The van der Waals surface area contributed by atoms with Gasteiger partial charge in [-0.2, -0.15) is 0 Å². The Morgan fingerprint density at radius 3 is 2.79 bits per heavy atom. The maximum Gasteiger partial charge on any atom is 0.119 e. The summed E-state index contributed by atoms with van der Waals surface area (Å²) in [5, 5.41) is 23.5. The first kappa shape index (κ1) is 14.6. The molecule has 1 heterocycles. The van der Waals surface area contributed by atoms with Crippen LogP contribution in [0.15, 0.2) is 18.2 Å². The van der Waals surface area contributed by atoms with E-state index in [1.165, 1.54) is 0 Å². The number of fused-ring (bicyclic) bond motifs is 3. The monoisotopic (exact) mass is 285 g/mol. The first-order valence-corrected chi connectivity index (χ1v) is 6.47. The molecule has 0 bridgehead atoms. The molecule has 0 unspecified atom stereocenters. The summed E-state index contributed by atoms with van der Waals surface area (Å²) >= 11 is 0. The molecule has 1 aromatic carbocycles. The molecule has 0 saturated heterocycles. The summed E-state index contributed by atoms with van der Waals surface area (Å²) in [5.41, 5.74) is 2.30. The molecule has 106 valence electrons. The third kappa shape index (κ3) is 2.46. The lowest BCUT2D eigenvalue weighted by Crippen LogP contribution is -2.51. The van der Waals surface area contributed by atoms with Gasteiger partial charge in [0.2, 0.25) is 0 Å². The number of methoxy groups -OCH3 is 1. The molecule has 5 heteroatoms. The van der Waals surface area contributed by atoms with Crippen LogP contribution in [0.1, 0.15) is 29.9 Å². The minimum Gasteiger partial charge on any atom is -0.497 e. The molecule has 2 aliphatic rings. The van der Waals surface area contributed by atoms with Crippen molar-refractivity contribution in [2.75, 3.05) is 7.11 Å². The fourth-order valence-corrected chi connectivity index (χ4v) is 3.24. The maximum absolute atomic E-state index is 10.2. The van der Waals surface area contributed by atoms with Gasteiger partial charge in [0.25, 0.3) is 0 Å². The summed E-state index contributed by atoms with van der Waals surface area (Å²) < 4.78 is 5.22. The Bertz CT molecular complexity index is 454. The van der Waals surface area contributed by atoms with Gasteiger partial charge in [0.15, 0.2) is 0 Å². The summed E-state index contributed by atoms with van der Waals surface area (Å²) in [5.74, 6) is 0.822. The average molecular weight is 286 g/mol. The fraction of sp³-hybridized carbons (Fsp3) is 0.571. The van der Waals surface area contributed by atoms with Gasteiger partial charge < -0.3 is 20.3 Å². The number of halogens is 1. The summed E-state index contributed by atoms with van der Waals surface area (Å²) in [7, 11) is 1.65. The number of benzene rings is 1. The number of rotatable bonds is 1. The zero-order valence-electron chi connectivity index (χ0n) is 10.9. The molecular formula is C14H20ClNO3. The first-order valence-electron chi connectivity index (χ1n) is 6.47. The lowest BCUT2D eigenvalue weighted by molar-refractivity contribution is -0.0359. The zero-order valence-corrected chi connectivity index (χ0v) is 11.7. The molecule has 0 amide bonds. The number of hydrogen-bond acceptors (Lipinski definition) is 4. The van der Waals surface area contributed by atoms with Gasteiger partial charge >= 0.3 is 0 Å². The van der Waals surface area contributed by atoms with Crippen LogP contribution in [-0.4, -0.2) is 35.6 Å². The van der Waals surface area contributed by atoms with E-state index < -0.39 is 12.2 Å². The zero-order chi connectivity index (χ0) is 12.7. The van der Waals surface area contributed by atoms with Crippen LogP contribution in [0.4, 0.5) is 0 Å². The third-order valence-corrected chi connectivity index (χ3v) is 4.23. The molecule has 1 saturated carbocycles. The van der Waals surface area contributed by atoms with Crippen LogP contribution in [0.2, 0.25) is 0 Å². The van der Waals surface area contributed by atoms with E-state index in [-0.39, 0.29) is 24.4 Å². The highest BCUT2D eigenvalue weighted by Gasteiger charge is 2.41. The van der Waals surface area contributed by atoms with Crippen molar-refractivity contribution < 1.29 is 14.9 Å². The van der Waals surface area contributed by atoms with Crippen LogP contribution in [0.3, 0.4) is 0 Å². The second-order valence-electron chi connectivity index (χ2n) is 5.21. The van der Waals surface area contributed by atoms with Crippen molar-refractivity contribution in [3.63, 3.8) is 0 Å². The van der Waals surface area contributed by atoms with Crippen molar-refractivity contribution in [3.05, 3.63) is 29.3 Å². The lowest BCUT2D eigenvalue weighted by Gasteiger charge is -2.43. The van der Waals surface area contributed by atoms with Crippen LogP contribution in [0, 0.1) is 0 Å². The van der Waals surface area contributed by atoms with Crippen molar-refractivity contribution in [1.82, 2.24) is 5.32 Å². The van der Waals surface area contributed by atoms with E-state index in [1.807, 2.05) is 18.2 Å². The standard InChI is InChI=1S/C14H19NO3.ClH/c1-18-9-2-3-10-8(6-9)7-15-11-4-5-12(16)14(17)13(10)11;/h2-3,6,11-17H,4-5,7H2,1H3;1H/t11-,12-,13-,14-;/m0./s1. The van der Waals surface area contributed by atoms with E-state index >= 15 is 0 Å². The predicted octanol–water partition coefficient (Wildman–Crippen LogP) is 1.19. The van der Waals surface area contributed by atoms with Crippen LogP contribution in [0.25, 0.3) is 0 Å². The van der Waals surface area contributed by atoms with Crippen molar-refractivity contribution >= 4 is 12.4 Å². The Labute approximate surface area is 119 Å². The van der Waals surface area contributed by atoms with E-state index in [0.29, 0.717) is 6.42 Å². The Balaban J connectivity index is 0.00000133. The maximum atomic E-state index is 10.2. The Morgan fingerprint density at radius 2 is 2.05 bits per heavy atom. The van der Waals surface area contributed by atoms with Gasteiger partial charge in [-0.3, -0.25) is 0 Å². The summed E-state index contributed by atoms with van der Waals surface area (Å²) in [6.07, 6.45) is 0.291. The van der Waals surface area contributed by atoms with Crippen LogP contribution >= 0.6 is 12.4 Å². The minimum atomic E-state index is -0.677. The highest BCUT2D eigenvalue weighted by atomic mass is 35.5. The number of hydrogen-bond donors (Lipinski definition) is 3. The van der Waals surface area contributed by atoms with E-state index in [0.717, 1.165) is 29.8 Å². The molecule has 1 aliphatic heterocycles. The molecule has 4 atom stereocenters. The van der Waals surface area contributed by atoms with E-state index in [4.69, 9.17) is 4.74 Å². The summed E-state index contributed by atoms with van der Waals surface area (Å²) in [4.78, 5) is 0. The van der Waals surface area contributed by atoms with E-state index in [2.05, 4.69) is 5.32 Å². The van der Waals surface area contributed by atoms with E-state index in [9.17, 15) is 10.2 Å². The van der Waals surface area contributed by atoms with Crippen LogP contribution in [0.5, 0.6) is 5.75 Å². The van der Waals surface area contributed by atoms with E-state index in [1.54, 1.807) is 7.11 Å². The molecule has 19 heavy (non-hydrogen) atoms. The van der Waals surface area contributed by atoms with Gasteiger partial charge in [0.05, 0.1) is 19.3 Å². The number of nitrogens with one attached hydrogen (secondary N) is 1. The molecule has 4 nitrogen and oxygen atoms in total. The SMILES string of the molecule is COc1ccc2c(c1)CN[C@H]1CC[C@H](O)[C@H](O)[C@@H]21.Cl. The van der Waals surface area contributed by atoms with Gasteiger partial charge in [-0.1, -0.05) is 6.07 Å². The van der Waals surface area contributed by atoms with Crippen molar-refractivity contribution in [1.29, 1.82) is 0 Å². The highest BCUT2D eigenvalue weighted by Crippen LogP contribution is 2.39. The Kier molecular flexibility index (Phi) is 4.36. The molecule has 3 rings (SSSR count). The quantitative estimate of drug-likeness (QED) is 0.725. The van der Waals surface area contributed by atoms with Gasteiger partial charge in [0.1, 0.15) is 5.75 Å². The third-order valence-electron chi connectivity index (χ3n) is 4.23. The van der Waals surface area contributed by atoms with Crippen molar-refractivity contribution in [3.8, 4) is 5.75 Å². The van der Waals surface area contributed by atoms with Crippen molar-refractivity contribution in [2.24, 2.45) is 0 Å². The second kappa shape index (κ2) is 5.67. The van der Waals surface area contributed by atoms with Crippen LogP contribution < -0.4 is 10.1 Å². The van der Waals surface area contributed by atoms with Crippen LogP contribution in [-0.2, 0) is 6.54 Å². The normalized spacial score (nSPS) is 32.8. The summed E-state index contributed by atoms with van der Waals surface area (Å²) in [6, 6.07) is 6.22.